The van der Waals surface area contributed by atoms with Gasteiger partial charge in [-0.25, -0.2) is 4.98 Å². The first-order chi connectivity index (χ1) is 12.0. The molecule has 1 aromatic heterocycles. The van der Waals surface area contributed by atoms with Gasteiger partial charge in [0.15, 0.2) is 7.28 Å². The third-order valence-corrected chi connectivity index (χ3v) is 4.46. The Balaban J connectivity index is 1.76. The zero-order chi connectivity index (χ0) is 17.8. The van der Waals surface area contributed by atoms with E-state index in [0.29, 0.717) is 5.95 Å². The molecule has 128 valence electrons. The van der Waals surface area contributed by atoms with E-state index in [1.54, 1.807) is 0 Å². The molecule has 2 N–H and O–H groups in total. The van der Waals surface area contributed by atoms with Gasteiger partial charge in [0.1, 0.15) is 5.82 Å². The van der Waals surface area contributed by atoms with E-state index in [2.05, 4.69) is 66.1 Å². The fraction of sp³-hybridized carbons (Fsp3) is 0.300. The maximum atomic E-state index is 4.65. The number of anilines is 3. The van der Waals surface area contributed by atoms with E-state index in [9.17, 15) is 0 Å². The van der Waals surface area contributed by atoms with Crippen LogP contribution in [-0.4, -0.2) is 17.2 Å². The van der Waals surface area contributed by atoms with Crippen LogP contribution < -0.4 is 16.1 Å². The van der Waals surface area contributed by atoms with E-state index in [0.717, 1.165) is 35.9 Å². The standard InChI is InChI=1S/C20H25BN4/c1-13-5-9-17(10-6-13)24-20-22-12-18(21-4)19(25-20)23-15(3)11-14(2)16-7-8-16/h5-6,9-12,16,21H,3,7-8H2,1-2,4H3,(H2,22,23,24,25)/b14-11+. The molecule has 4 nitrogen and oxygen atoms in total. The minimum atomic E-state index is 0.583. The summed E-state index contributed by atoms with van der Waals surface area (Å²) >= 11 is 0. The van der Waals surface area contributed by atoms with Crippen molar-refractivity contribution in [2.75, 3.05) is 10.6 Å². The number of rotatable bonds is 7. The Kier molecular flexibility index (Phi) is 5.22. The normalized spacial score (nSPS) is 14.1. The summed E-state index contributed by atoms with van der Waals surface area (Å²) < 4.78 is 0. The zero-order valence-electron chi connectivity index (χ0n) is 15.3. The Labute approximate surface area is 150 Å². The lowest BCUT2D eigenvalue weighted by Crippen LogP contribution is -2.20. The van der Waals surface area contributed by atoms with E-state index in [-0.39, 0.29) is 0 Å². The number of benzene rings is 1. The predicted molar refractivity (Wildman–Crippen MR) is 108 cm³/mol. The highest BCUT2D eigenvalue weighted by atomic mass is 15.1. The number of nitrogens with one attached hydrogen (secondary N) is 2. The molecule has 0 radical (unpaired) electrons. The molecule has 0 unspecified atom stereocenters. The summed E-state index contributed by atoms with van der Waals surface area (Å²) in [7, 11) is 0.867. The minimum Gasteiger partial charge on any atom is -0.341 e. The summed E-state index contributed by atoms with van der Waals surface area (Å²) in [4.78, 5) is 9.07. The molecule has 0 bridgehead atoms. The summed E-state index contributed by atoms with van der Waals surface area (Å²) in [6.45, 7) is 10.5. The summed E-state index contributed by atoms with van der Waals surface area (Å²) in [5.74, 6) is 2.14. The van der Waals surface area contributed by atoms with Gasteiger partial charge in [0, 0.05) is 17.6 Å². The van der Waals surface area contributed by atoms with Crippen LogP contribution in [0.1, 0.15) is 25.3 Å². The van der Waals surface area contributed by atoms with E-state index >= 15 is 0 Å². The van der Waals surface area contributed by atoms with Gasteiger partial charge in [-0.2, -0.15) is 4.98 Å². The Morgan fingerprint density at radius 3 is 2.64 bits per heavy atom. The van der Waals surface area contributed by atoms with Crippen LogP contribution in [0.2, 0.25) is 6.82 Å². The van der Waals surface area contributed by atoms with Crippen LogP contribution in [0.25, 0.3) is 0 Å². The molecular weight excluding hydrogens is 307 g/mol. The largest absolute Gasteiger partial charge is 0.341 e. The van der Waals surface area contributed by atoms with Crippen LogP contribution in [0.5, 0.6) is 0 Å². The maximum Gasteiger partial charge on any atom is 0.229 e. The molecule has 1 saturated carbocycles. The molecule has 3 rings (SSSR count). The molecular formula is C20H25BN4. The average Bonchev–Trinajstić information content (AvgIpc) is 3.42. The quantitative estimate of drug-likeness (QED) is 0.596. The highest BCUT2D eigenvalue weighted by Crippen LogP contribution is 2.36. The topological polar surface area (TPSA) is 49.8 Å². The van der Waals surface area contributed by atoms with Gasteiger partial charge in [0.25, 0.3) is 0 Å². The third-order valence-electron chi connectivity index (χ3n) is 4.46. The average molecular weight is 332 g/mol. The van der Waals surface area contributed by atoms with Crippen LogP contribution in [-0.2, 0) is 0 Å². The van der Waals surface area contributed by atoms with Crippen LogP contribution in [0, 0.1) is 12.8 Å². The third kappa shape index (κ3) is 4.72. The maximum absolute atomic E-state index is 4.65. The molecule has 5 heteroatoms. The second kappa shape index (κ2) is 7.56. The first kappa shape index (κ1) is 17.3. The second-order valence-corrected chi connectivity index (χ2v) is 6.72. The van der Waals surface area contributed by atoms with Crippen LogP contribution >= 0.6 is 0 Å². The molecule has 2 aromatic rings. The molecule has 0 amide bonds. The van der Waals surface area contributed by atoms with Gasteiger partial charge in [-0.1, -0.05) is 36.7 Å². The zero-order valence-corrected chi connectivity index (χ0v) is 15.3. The van der Waals surface area contributed by atoms with Crippen molar-refractivity contribution in [1.29, 1.82) is 0 Å². The van der Waals surface area contributed by atoms with Gasteiger partial charge in [0.05, 0.1) is 0 Å². The van der Waals surface area contributed by atoms with Crippen LogP contribution in [0.15, 0.2) is 54.4 Å². The highest BCUT2D eigenvalue weighted by Gasteiger charge is 2.22. The van der Waals surface area contributed by atoms with Crippen LogP contribution in [0.3, 0.4) is 0 Å². The number of allylic oxidation sites excluding steroid dienone is 2. The van der Waals surface area contributed by atoms with Crippen molar-refractivity contribution >= 4 is 30.2 Å². The monoisotopic (exact) mass is 332 g/mol. The smallest absolute Gasteiger partial charge is 0.229 e. The van der Waals surface area contributed by atoms with Gasteiger partial charge >= 0.3 is 0 Å². The van der Waals surface area contributed by atoms with E-state index in [4.69, 9.17) is 0 Å². The van der Waals surface area contributed by atoms with E-state index < -0.39 is 0 Å². The Bertz CT molecular complexity index is 792. The number of nitrogens with zero attached hydrogens (tertiary/aromatic N) is 2. The van der Waals surface area contributed by atoms with E-state index in [1.807, 2.05) is 18.3 Å². The SMILES string of the molecule is C=C(/C=C(\C)C1CC1)Nc1nc(Nc2ccc(C)cc2)ncc1BC. The minimum absolute atomic E-state index is 0.583. The van der Waals surface area contributed by atoms with Crippen molar-refractivity contribution in [2.45, 2.75) is 33.5 Å². The van der Waals surface area contributed by atoms with Crippen molar-refractivity contribution in [3.05, 3.63) is 60.0 Å². The van der Waals surface area contributed by atoms with Crippen molar-refractivity contribution in [1.82, 2.24) is 9.97 Å². The Morgan fingerprint density at radius 2 is 2.00 bits per heavy atom. The summed E-state index contributed by atoms with van der Waals surface area (Å²) in [5.41, 5.74) is 5.54. The first-order valence-corrected chi connectivity index (χ1v) is 8.89. The van der Waals surface area contributed by atoms with Crippen molar-refractivity contribution in [3.63, 3.8) is 0 Å². The molecule has 1 aromatic carbocycles. The van der Waals surface area contributed by atoms with E-state index in [1.165, 1.54) is 24.0 Å². The second-order valence-electron chi connectivity index (χ2n) is 6.72. The van der Waals surface area contributed by atoms with Crippen LogP contribution in [0.4, 0.5) is 17.5 Å². The van der Waals surface area contributed by atoms with Gasteiger partial charge in [0.2, 0.25) is 5.95 Å². The fourth-order valence-corrected chi connectivity index (χ4v) is 2.72. The lowest BCUT2D eigenvalue weighted by molar-refractivity contribution is 1.00. The lowest BCUT2D eigenvalue weighted by Gasteiger charge is -2.13. The molecule has 0 atom stereocenters. The van der Waals surface area contributed by atoms with Gasteiger partial charge in [-0.05, 0) is 56.3 Å². The lowest BCUT2D eigenvalue weighted by atomic mass is 9.74. The number of aryl methyl sites for hydroxylation is 1. The van der Waals surface area contributed by atoms with Gasteiger partial charge in [-0.15, -0.1) is 0 Å². The summed E-state index contributed by atoms with van der Waals surface area (Å²) in [5, 5.41) is 6.61. The Morgan fingerprint density at radius 1 is 1.28 bits per heavy atom. The molecule has 0 aliphatic heterocycles. The van der Waals surface area contributed by atoms with Crippen molar-refractivity contribution in [2.24, 2.45) is 5.92 Å². The van der Waals surface area contributed by atoms with Gasteiger partial charge in [-0.3, -0.25) is 0 Å². The number of hydrogen-bond acceptors (Lipinski definition) is 4. The molecule has 1 aliphatic rings. The molecule has 1 aliphatic carbocycles. The molecule has 1 fully saturated rings. The number of aromatic nitrogens is 2. The highest BCUT2D eigenvalue weighted by molar-refractivity contribution is 6.53. The Hall–Kier alpha value is -2.56. The fourth-order valence-electron chi connectivity index (χ4n) is 2.72. The van der Waals surface area contributed by atoms with Crippen molar-refractivity contribution < 1.29 is 0 Å². The molecule has 25 heavy (non-hydrogen) atoms. The molecule has 0 saturated heterocycles. The first-order valence-electron chi connectivity index (χ1n) is 8.89. The summed E-state index contributed by atoms with van der Waals surface area (Å²) in [6, 6.07) is 8.19. The molecule has 0 spiro atoms. The molecule has 1 heterocycles. The summed E-state index contributed by atoms with van der Waals surface area (Å²) in [6.07, 6.45) is 6.60. The van der Waals surface area contributed by atoms with Gasteiger partial charge < -0.3 is 10.6 Å². The number of hydrogen-bond donors (Lipinski definition) is 2. The predicted octanol–water partition coefficient (Wildman–Crippen LogP) is 3.92. The van der Waals surface area contributed by atoms with Crippen molar-refractivity contribution in [3.8, 4) is 0 Å².